The van der Waals surface area contributed by atoms with Crippen molar-refractivity contribution in [3.63, 3.8) is 0 Å². The Balaban J connectivity index is 1.52. The number of likely N-dealkylation sites (N-methyl/N-ethyl adjacent to an activating group) is 1. The lowest BCUT2D eigenvalue weighted by molar-refractivity contribution is -0.119. The molecule has 8 heteroatoms. The van der Waals surface area contributed by atoms with Crippen LogP contribution in [0, 0.1) is 0 Å². The molecule has 1 aliphatic carbocycles. The van der Waals surface area contributed by atoms with Gasteiger partial charge >= 0.3 is 0 Å². The van der Waals surface area contributed by atoms with Gasteiger partial charge in [0.1, 0.15) is 0 Å². The minimum Gasteiger partial charge on any atom is -0.349 e. The Bertz CT molecular complexity index is 914. The molecule has 1 saturated carbocycles. The lowest BCUT2D eigenvalue weighted by Crippen LogP contribution is -2.36. The Morgan fingerprint density at radius 2 is 1.48 bits per heavy atom. The topological polar surface area (TPSA) is 90.5 Å². The fraction of sp³-hybridized carbons (Fsp3) is 0.286. The Hall–Kier alpha value is -2.90. The molecule has 3 amide bonds. The van der Waals surface area contributed by atoms with Gasteiger partial charge in [0.25, 0.3) is 5.91 Å². The molecule has 3 rings (SSSR count). The number of anilines is 2. The first-order valence-electron chi connectivity index (χ1n) is 9.35. The van der Waals surface area contributed by atoms with E-state index in [-0.39, 0.29) is 36.9 Å². The largest absolute Gasteiger partial charge is 0.349 e. The van der Waals surface area contributed by atoms with Crippen molar-refractivity contribution in [1.29, 1.82) is 0 Å². The first-order chi connectivity index (χ1) is 13.9. The zero-order valence-electron chi connectivity index (χ0n) is 16.1. The number of benzene rings is 2. The molecule has 3 N–H and O–H groups in total. The van der Waals surface area contributed by atoms with E-state index in [0.29, 0.717) is 22.0 Å². The SMILES string of the molecule is CN(CC(=O)Nc1ccccc1Cl)CC(=O)Nc1ccccc1C(=O)NC1CC1. The lowest BCUT2D eigenvalue weighted by atomic mass is 10.1. The number of halogens is 1. The molecule has 0 atom stereocenters. The Kier molecular flexibility index (Phi) is 6.85. The van der Waals surface area contributed by atoms with Gasteiger partial charge in [0, 0.05) is 6.04 Å². The predicted molar refractivity (Wildman–Crippen MR) is 113 cm³/mol. The number of carbonyl (C=O) groups is 3. The summed E-state index contributed by atoms with van der Waals surface area (Å²) in [5.74, 6) is -0.793. The normalized spacial score (nSPS) is 13.1. The van der Waals surface area contributed by atoms with E-state index in [1.54, 1.807) is 60.5 Å². The van der Waals surface area contributed by atoms with E-state index < -0.39 is 0 Å². The van der Waals surface area contributed by atoms with Crippen LogP contribution in [0.1, 0.15) is 23.2 Å². The fourth-order valence-electron chi connectivity index (χ4n) is 2.77. The minimum atomic E-state index is -0.315. The van der Waals surface area contributed by atoms with Crippen LogP contribution in [-0.4, -0.2) is 48.8 Å². The highest BCUT2D eigenvalue weighted by molar-refractivity contribution is 6.33. The second-order valence-electron chi connectivity index (χ2n) is 7.04. The summed E-state index contributed by atoms with van der Waals surface area (Å²) in [5.41, 5.74) is 1.39. The van der Waals surface area contributed by atoms with Crippen molar-refractivity contribution in [2.24, 2.45) is 0 Å². The van der Waals surface area contributed by atoms with E-state index in [1.807, 2.05) is 0 Å². The molecular weight excluding hydrogens is 392 g/mol. The molecule has 0 bridgehead atoms. The molecule has 0 radical (unpaired) electrons. The number of nitrogens with zero attached hydrogens (tertiary/aromatic N) is 1. The number of para-hydroxylation sites is 2. The molecule has 1 aliphatic rings. The van der Waals surface area contributed by atoms with E-state index in [9.17, 15) is 14.4 Å². The van der Waals surface area contributed by atoms with Crippen LogP contribution in [0.4, 0.5) is 11.4 Å². The summed E-state index contributed by atoms with van der Waals surface area (Å²) in [6.45, 7) is 0.0109. The third-order valence-electron chi connectivity index (χ3n) is 4.33. The maximum Gasteiger partial charge on any atom is 0.253 e. The van der Waals surface area contributed by atoms with Crippen molar-refractivity contribution >= 4 is 40.7 Å². The molecule has 0 unspecified atom stereocenters. The van der Waals surface area contributed by atoms with Crippen LogP contribution in [0.15, 0.2) is 48.5 Å². The van der Waals surface area contributed by atoms with Gasteiger partial charge in [0.2, 0.25) is 11.8 Å². The molecule has 0 saturated heterocycles. The third kappa shape index (κ3) is 6.30. The molecule has 2 aromatic carbocycles. The van der Waals surface area contributed by atoms with Gasteiger partial charge in [-0.25, -0.2) is 0 Å². The van der Waals surface area contributed by atoms with E-state index in [0.717, 1.165) is 12.8 Å². The summed E-state index contributed by atoms with van der Waals surface area (Å²) in [7, 11) is 1.66. The minimum absolute atomic E-state index is 0.00544. The van der Waals surface area contributed by atoms with Crippen LogP contribution in [0.5, 0.6) is 0 Å². The van der Waals surface area contributed by atoms with Crippen LogP contribution < -0.4 is 16.0 Å². The van der Waals surface area contributed by atoms with Crippen LogP contribution >= 0.6 is 11.6 Å². The van der Waals surface area contributed by atoms with Crippen molar-refractivity contribution in [2.75, 3.05) is 30.8 Å². The Morgan fingerprint density at radius 3 is 2.10 bits per heavy atom. The lowest BCUT2D eigenvalue weighted by Gasteiger charge is -2.17. The van der Waals surface area contributed by atoms with E-state index in [2.05, 4.69) is 16.0 Å². The van der Waals surface area contributed by atoms with E-state index >= 15 is 0 Å². The second-order valence-corrected chi connectivity index (χ2v) is 7.45. The van der Waals surface area contributed by atoms with Gasteiger partial charge in [0.05, 0.1) is 35.1 Å². The standard InChI is InChI=1S/C21H23ClN4O3/c1-26(13-20(28)25-18-9-5-3-7-16(18)22)12-19(27)24-17-8-4-2-6-15(17)21(29)23-14-10-11-14/h2-9,14H,10-13H2,1H3,(H,23,29)(H,24,27)(H,25,28). The summed E-state index contributed by atoms with van der Waals surface area (Å²) in [6.07, 6.45) is 1.97. The van der Waals surface area contributed by atoms with Gasteiger partial charge in [-0.2, -0.15) is 0 Å². The summed E-state index contributed by atoms with van der Waals surface area (Å²) in [5, 5.41) is 8.83. The molecule has 7 nitrogen and oxygen atoms in total. The summed E-state index contributed by atoms with van der Waals surface area (Å²) >= 11 is 6.03. The Morgan fingerprint density at radius 1 is 0.931 bits per heavy atom. The second kappa shape index (κ2) is 9.54. The summed E-state index contributed by atoms with van der Waals surface area (Å²) in [6, 6.07) is 14.0. The van der Waals surface area contributed by atoms with Gasteiger partial charge in [-0.15, -0.1) is 0 Å². The monoisotopic (exact) mass is 414 g/mol. The van der Waals surface area contributed by atoms with Crippen molar-refractivity contribution in [1.82, 2.24) is 10.2 Å². The van der Waals surface area contributed by atoms with Crippen molar-refractivity contribution < 1.29 is 14.4 Å². The first-order valence-corrected chi connectivity index (χ1v) is 9.73. The molecule has 1 fully saturated rings. The average Bonchev–Trinajstić information content (AvgIpc) is 3.47. The highest BCUT2D eigenvalue weighted by atomic mass is 35.5. The van der Waals surface area contributed by atoms with Crippen molar-refractivity contribution in [3.05, 3.63) is 59.1 Å². The van der Waals surface area contributed by atoms with Gasteiger partial charge in [-0.1, -0.05) is 35.9 Å². The molecular formula is C21H23ClN4O3. The van der Waals surface area contributed by atoms with E-state index in [4.69, 9.17) is 11.6 Å². The van der Waals surface area contributed by atoms with Gasteiger partial charge in [-0.05, 0) is 44.2 Å². The number of rotatable bonds is 8. The van der Waals surface area contributed by atoms with Crippen molar-refractivity contribution in [2.45, 2.75) is 18.9 Å². The first kappa shape index (κ1) is 20.8. The molecule has 29 heavy (non-hydrogen) atoms. The number of nitrogens with one attached hydrogen (secondary N) is 3. The van der Waals surface area contributed by atoms with Crippen LogP contribution in [0.25, 0.3) is 0 Å². The summed E-state index contributed by atoms with van der Waals surface area (Å²) in [4.78, 5) is 38.5. The highest BCUT2D eigenvalue weighted by Crippen LogP contribution is 2.22. The van der Waals surface area contributed by atoms with Crippen molar-refractivity contribution in [3.8, 4) is 0 Å². The maximum absolute atomic E-state index is 12.4. The van der Waals surface area contributed by atoms with Crippen LogP contribution in [-0.2, 0) is 9.59 Å². The number of hydrogen-bond acceptors (Lipinski definition) is 4. The maximum atomic E-state index is 12.4. The quantitative estimate of drug-likeness (QED) is 0.619. The zero-order chi connectivity index (χ0) is 20.8. The molecule has 0 heterocycles. The highest BCUT2D eigenvalue weighted by Gasteiger charge is 2.25. The third-order valence-corrected chi connectivity index (χ3v) is 4.66. The fourth-order valence-corrected chi connectivity index (χ4v) is 2.95. The molecule has 0 aromatic heterocycles. The summed E-state index contributed by atoms with van der Waals surface area (Å²) < 4.78 is 0. The predicted octanol–water partition coefficient (Wildman–Crippen LogP) is 2.74. The molecule has 152 valence electrons. The smallest absolute Gasteiger partial charge is 0.253 e. The van der Waals surface area contributed by atoms with Gasteiger partial charge in [-0.3, -0.25) is 19.3 Å². The number of carbonyl (C=O) groups excluding carboxylic acids is 3. The van der Waals surface area contributed by atoms with Crippen LogP contribution in [0.3, 0.4) is 0 Å². The number of amides is 3. The molecule has 0 spiro atoms. The van der Waals surface area contributed by atoms with Crippen LogP contribution in [0.2, 0.25) is 5.02 Å². The van der Waals surface area contributed by atoms with Gasteiger partial charge < -0.3 is 16.0 Å². The average molecular weight is 415 g/mol. The number of hydrogen-bond donors (Lipinski definition) is 3. The van der Waals surface area contributed by atoms with E-state index in [1.165, 1.54) is 0 Å². The van der Waals surface area contributed by atoms with Gasteiger partial charge in [0.15, 0.2) is 0 Å². The Labute approximate surface area is 174 Å². The molecule has 0 aliphatic heterocycles. The zero-order valence-corrected chi connectivity index (χ0v) is 16.8. The molecule has 2 aromatic rings.